The van der Waals surface area contributed by atoms with Crippen LogP contribution < -0.4 is 5.32 Å². The molecule has 1 heterocycles. The van der Waals surface area contributed by atoms with E-state index in [1.54, 1.807) is 0 Å². The fourth-order valence-corrected chi connectivity index (χ4v) is 2.05. The van der Waals surface area contributed by atoms with Gasteiger partial charge >= 0.3 is 13.6 Å². The number of nitrogens with one attached hydrogen (secondary N) is 1. The van der Waals surface area contributed by atoms with Gasteiger partial charge in [-0.05, 0) is 0 Å². The molecule has 0 aliphatic carbocycles. The summed E-state index contributed by atoms with van der Waals surface area (Å²) in [4.78, 5) is 62.8. The van der Waals surface area contributed by atoms with Crippen molar-refractivity contribution in [2.24, 2.45) is 0 Å². The number of carboxylic acids is 1. The van der Waals surface area contributed by atoms with Gasteiger partial charge in [-0.3, -0.25) is 23.8 Å². The van der Waals surface area contributed by atoms with E-state index in [4.69, 9.17) is 14.9 Å². The molecule has 0 saturated carbocycles. The number of carboxylic acid groups (broad SMARTS) is 1. The molecule has 0 aromatic heterocycles. The third-order valence-corrected chi connectivity index (χ3v) is 3.37. The van der Waals surface area contributed by atoms with Crippen LogP contribution in [0.1, 0.15) is 6.42 Å². The van der Waals surface area contributed by atoms with Gasteiger partial charge in [0.1, 0.15) is 0 Å². The first-order valence-corrected chi connectivity index (χ1v) is 7.51. The van der Waals surface area contributed by atoms with Crippen LogP contribution in [0.25, 0.3) is 0 Å². The molecule has 21 heavy (non-hydrogen) atoms. The molecule has 0 unspecified atom stereocenters. The van der Waals surface area contributed by atoms with Gasteiger partial charge in [-0.1, -0.05) is 0 Å². The Morgan fingerprint density at radius 2 is 1.76 bits per heavy atom. The van der Waals surface area contributed by atoms with E-state index in [-0.39, 0.29) is 0 Å². The van der Waals surface area contributed by atoms with Crippen LogP contribution in [0.4, 0.5) is 0 Å². The van der Waals surface area contributed by atoms with Gasteiger partial charge in [0, 0.05) is 25.1 Å². The lowest BCUT2D eigenvalue weighted by Gasteiger charge is -2.22. The molecule has 1 rings (SSSR count). The molecule has 1 aliphatic heterocycles. The Morgan fingerprint density at radius 3 is 2.19 bits per heavy atom. The number of carbonyl (C=O) groups is 4. The Morgan fingerprint density at radius 1 is 1.24 bits per heavy atom. The predicted molar refractivity (Wildman–Crippen MR) is 67.0 cm³/mol. The highest BCUT2D eigenvalue weighted by molar-refractivity contribution is 7.51. The number of rotatable bonds is 7. The van der Waals surface area contributed by atoms with E-state index in [1.165, 1.54) is 0 Å². The molecule has 116 valence electrons. The summed E-state index contributed by atoms with van der Waals surface area (Å²) in [5.41, 5.74) is 0. The number of hydrogen-bond donors (Lipinski definition) is 4. The van der Waals surface area contributed by atoms with E-state index in [0.717, 1.165) is 12.2 Å². The zero-order valence-corrected chi connectivity index (χ0v) is 11.5. The van der Waals surface area contributed by atoms with Gasteiger partial charge in [-0.2, -0.15) is 0 Å². The second kappa shape index (κ2) is 6.61. The number of aliphatic carboxylic acids is 1. The van der Waals surface area contributed by atoms with Crippen molar-refractivity contribution in [1.82, 2.24) is 10.2 Å². The van der Waals surface area contributed by atoms with E-state index in [2.05, 4.69) is 5.32 Å². The summed E-state index contributed by atoms with van der Waals surface area (Å²) in [6.07, 6.45) is 0.637. The minimum Gasteiger partial charge on any atom is -0.480 e. The minimum absolute atomic E-state index is 0.478. The number of imide groups is 1. The Labute approximate surface area is 118 Å². The van der Waals surface area contributed by atoms with Gasteiger partial charge in [0.2, 0.25) is 5.91 Å². The number of carbonyl (C=O) groups excluding carboxylic acids is 3. The topological polar surface area (TPSA) is 161 Å². The van der Waals surface area contributed by atoms with E-state index in [9.17, 15) is 23.7 Å². The lowest BCUT2D eigenvalue weighted by atomic mass is 10.2. The van der Waals surface area contributed by atoms with Crippen LogP contribution in [0.2, 0.25) is 0 Å². The summed E-state index contributed by atoms with van der Waals surface area (Å²) in [6, 6.07) is -1.58. The molecule has 3 amide bonds. The lowest BCUT2D eigenvalue weighted by molar-refractivity contribution is -0.153. The number of nitrogens with zero attached hydrogens (tertiary/aromatic N) is 1. The zero-order valence-electron chi connectivity index (χ0n) is 10.6. The fourth-order valence-electron chi connectivity index (χ4n) is 1.55. The van der Waals surface area contributed by atoms with Gasteiger partial charge in [0.15, 0.2) is 6.04 Å². The van der Waals surface area contributed by atoms with Crippen LogP contribution in [0.15, 0.2) is 12.2 Å². The molecule has 0 aromatic carbocycles. The van der Waals surface area contributed by atoms with Gasteiger partial charge in [-0.25, -0.2) is 4.79 Å². The van der Waals surface area contributed by atoms with Crippen molar-refractivity contribution >= 4 is 31.3 Å². The molecule has 1 aliphatic rings. The smallest absolute Gasteiger partial charge is 0.328 e. The Balaban J connectivity index is 2.59. The highest BCUT2D eigenvalue weighted by atomic mass is 31.2. The number of hydrogen-bond acceptors (Lipinski definition) is 5. The largest absolute Gasteiger partial charge is 0.480 e. The quantitative estimate of drug-likeness (QED) is 0.311. The first-order chi connectivity index (χ1) is 9.61. The standard InChI is InChI=1S/C10H13N2O8P/c13-7(3-4-21(18,19)20)11-5-6(10(16)17)12-8(14)1-2-9(12)15/h1-2,6H,3-5H2,(H,11,13)(H,16,17)(H2,18,19,20)/t6-/m0/s1. The summed E-state index contributed by atoms with van der Waals surface area (Å²) in [6.45, 7) is -0.547. The van der Waals surface area contributed by atoms with Crippen molar-refractivity contribution in [3.05, 3.63) is 12.2 Å². The summed E-state index contributed by atoms with van der Waals surface area (Å²) in [5, 5.41) is 11.1. The van der Waals surface area contributed by atoms with E-state index < -0.39 is 56.5 Å². The van der Waals surface area contributed by atoms with Crippen molar-refractivity contribution in [2.45, 2.75) is 12.5 Å². The second-order valence-electron chi connectivity index (χ2n) is 4.18. The van der Waals surface area contributed by atoms with Crippen molar-refractivity contribution < 1.29 is 38.6 Å². The molecular weight excluding hydrogens is 307 g/mol. The van der Waals surface area contributed by atoms with Gasteiger partial charge in [0.05, 0.1) is 6.16 Å². The minimum atomic E-state index is -4.33. The molecule has 0 bridgehead atoms. The van der Waals surface area contributed by atoms with Crippen molar-refractivity contribution in [3.8, 4) is 0 Å². The van der Waals surface area contributed by atoms with E-state index in [0.29, 0.717) is 4.90 Å². The molecule has 0 aromatic rings. The Kier molecular flexibility index (Phi) is 5.36. The van der Waals surface area contributed by atoms with Crippen LogP contribution in [0.5, 0.6) is 0 Å². The maximum Gasteiger partial charge on any atom is 0.328 e. The van der Waals surface area contributed by atoms with Crippen LogP contribution in [0.3, 0.4) is 0 Å². The van der Waals surface area contributed by atoms with Crippen LogP contribution in [-0.2, 0) is 23.7 Å². The van der Waals surface area contributed by atoms with E-state index >= 15 is 0 Å². The van der Waals surface area contributed by atoms with Crippen molar-refractivity contribution in [2.75, 3.05) is 12.7 Å². The average Bonchev–Trinajstić information content (AvgIpc) is 2.67. The maximum atomic E-state index is 11.4. The number of amides is 3. The molecular formula is C10H13N2O8P. The molecule has 0 spiro atoms. The molecule has 10 nitrogen and oxygen atoms in total. The maximum absolute atomic E-state index is 11.4. The van der Waals surface area contributed by atoms with Crippen molar-refractivity contribution in [1.29, 1.82) is 0 Å². The Bertz CT molecular complexity index is 533. The molecule has 0 saturated heterocycles. The van der Waals surface area contributed by atoms with E-state index in [1.807, 2.05) is 0 Å². The third kappa shape index (κ3) is 5.10. The molecule has 4 N–H and O–H groups in total. The highest BCUT2D eigenvalue weighted by Gasteiger charge is 2.36. The first-order valence-electron chi connectivity index (χ1n) is 5.71. The summed E-state index contributed by atoms with van der Waals surface area (Å²) >= 11 is 0. The average molecular weight is 320 g/mol. The molecule has 0 fully saturated rings. The van der Waals surface area contributed by atoms with Gasteiger partial charge in [-0.15, -0.1) is 0 Å². The van der Waals surface area contributed by atoms with Crippen molar-refractivity contribution in [3.63, 3.8) is 0 Å². The Hall–Kier alpha value is -2.03. The zero-order chi connectivity index (χ0) is 16.2. The molecule has 11 heteroatoms. The highest BCUT2D eigenvalue weighted by Crippen LogP contribution is 2.34. The molecule has 0 radical (unpaired) electrons. The van der Waals surface area contributed by atoms with Gasteiger partial charge < -0.3 is 20.2 Å². The fraction of sp³-hybridized carbons (Fsp3) is 0.400. The van der Waals surface area contributed by atoms with Crippen LogP contribution in [-0.4, -0.2) is 62.2 Å². The summed E-state index contributed by atoms with van der Waals surface area (Å²) in [7, 11) is -4.33. The lowest BCUT2D eigenvalue weighted by Crippen LogP contribution is -2.51. The van der Waals surface area contributed by atoms with Crippen LogP contribution in [0, 0.1) is 0 Å². The summed E-state index contributed by atoms with van der Waals surface area (Å²) < 4.78 is 10.6. The third-order valence-electron chi connectivity index (χ3n) is 2.56. The predicted octanol–water partition coefficient (Wildman–Crippen LogP) is -1.95. The normalized spacial score (nSPS) is 16.2. The molecule has 1 atom stereocenters. The second-order valence-corrected chi connectivity index (χ2v) is 5.95. The first kappa shape index (κ1) is 17.0. The monoisotopic (exact) mass is 320 g/mol. The van der Waals surface area contributed by atoms with Gasteiger partial charge in [0.25, 0.3) is 11.8 Å². The SMILES string of the molecule is O=C(CCP(=O)(O)O)NC[C@@H](C(=O)O)N1C(=O)C=CC1=O. The summed E-state index contributed by atoms with van der Waals surface area (Å²) in [5.74, 6) is -3.90. The van der Waals surface area contributed by atoms with Crippen LogP contribution >= 0.6 is 7.60 Å².